The number of hydrogen-bond acceptors (Lipinski definition) is 6. The Morgan fingerprint density at radius 2 is 1.71 bits per heavy atom. The second kappa shape index (κ2) is 8.50. The van der Waals surface area contributed by atoms with E-state index in [2.05, 4.69) is 15.2 Å². The van der Waals surface area contributed by atoms with Crippen molar-refractivity contribution < 1.29 is 50.9 Å². The van der Waals surface area contributed by atoms with Crippen molar-refractivity contribution >= 4 is 17.8 Å². The van der Waals surface area contributed by atoms with E-state index in [4.69, 9.17) is 15.0 Å². The van der Waals surface area contributed by atoms with Gasteiger partial charge in [0.05, 0.1) is 12.5 Å². The normalized spacial score (nSPS) is 19.5. The monoisotopic (exact) mass is 459 g/mol. The first-order valence-corrected chi connectivity index (χ1v) is 8.52. The lowest BCUT2D eigenvalue weighted by atomic mass is 10.0. The number of carbonyl (C=O) groups is 3. The molecule has 1 aromatic rings. The number of aromatic carboxylic acids is 1. The first-order valence-electron chi connectivity index (χ1n) is 8.52. The zero-order valence-corrected chi connectivity index (χ0v) is 15.4. The van der Waals surface area contributed by atoms with E-state index in [1.54, 1.807) is 0 Å². The van der Waals surface area contributed by atoms with Crippen LogP contribution in [0.1, 0.15) is 29.8 Å². The highest BCUT2D eigenvalue weighted by Crippen LogP contribution is 2.49. The molecule has 0 bridgehead atoms. The molecule has 172 valence electrons. The van der Waals surface area contributed by atoms with Crippen molar-refractivity contribution in [1.82, 2.24) is 14.5 Å². The van der Waals surface area contributed by atoms with Crippen LogP contribution in [0.15, 0.2) is 22.8 Å². The van der Waals surface area contributed by atoms with Crippen molar-refractivity contribution in [2.24, 2.45) is 10.2 Å². The number of aromatic nitrogens is 2. The third kappa shape index (κ3) is 5.69. The maximum Gasteiger partial charge on any atom is 0.490 e. The second-order valence-corrected chi connectivity index (χ2v) is 6.62. The number of alkyl halides is 6. The average Bonchev–Trinajstić information content (AvgIpc) is 3.06. The van der Waals surface area contributed by atoms with Gasteiger partial charge in [-0.3, -0.25) is 4.79 Å². The van der Waals surface area contributed by atoms with E-state index in [0.29, 0.717) is 19.4 Å². The molecule has 2 aliphatic rings. The van der Waals surface area contributed by atoms with Gasteiger partial charge in [-0.15, -0.1) is 10.2 Å². The van der Waals surface area contributed by atoms with E-state index >= 15 is 0 Å². The van der Waals surface area contributed by atoms with Gasteiger partial charge in [0.2, 0.25) is 5.91 Å². The molecule has 0 radical (unpaired) electrons. The van der Waals surface area contributed by atoms with E-state index in [1.165, 1.54) is 11.2 Å². The quantitative estimate of drug-likeness (QED) is 0.649. The Balaban J connectivity index is 0.000000423. The fourth-order valence-corrected chi connectivity index (χ4v) is 2.94. The van der Waals surface area contributed by atoms with Crippen LogP contribution in [0.25, 0.3) is 0 Å². The number of rotatable bonds is 5. The number of imidazole rings is 1. The molecule has 1 fully saturated rings. The van der Waals surface area contributed by atoms with E-state index in [0.717, 1.165) is 10.8 Å². The number of hydrogen-bond donors (Lipinski definition) is 2. The summed E-state index contributed by atoms with van der Waals surface area (Å²) >= 11 is 0. The Bertz CT molecular complexity index is 874. The number of likely N-dealkylation sites (tertiary alicyclic amines) is 1. The summed E-state index contributed by atoms with van der Waals surface area (Å²) in [5.41, 5.74) is -2.54. The molecule has 1 amide bonds. The van der Waals surface area contributed by atoms with Crippen LogP contribution >= 0.6 is 0 Å². The smallest absolute Gasteiger partial charge is 0.477 e. The van der Waals surface area contributed by atoms with Crippen molar-refractivity contribution in [3.05, 3.63) is 18.2 Å². The Kier molecular flexibility index (Phi) is 6.60. The summed E-state index contributed by atoms with van der Waals surface area (Å²) in [7, 11) is 0. The topological polar surface area (TPSA) is 137 Å². The third-order valence-electron chi connectivity index (χ3n) is 4.49. The minimum absolute atomic E-state index is 0.155. The SMILES string of the molecule is O=C(O)C(F)(F)F.O=C(O)c1cncn1CC(=O)N1CCCC1CC1(C(F)(F)F)N=N1. The second-order valence-electron chi connectivity index (χ2n) is 6.62. The standard InChI is InChI=1S/C13H14F3N5O3.C2HF3O2/c14-13(15,16)12(18-19-12)4-8-2-1-3-21(8)10(22)6-20-7-17-5-9(20)11(23)24;3-2(4,5)1(6)7/h5,7-8H,1-4,6H2,(H,23,24);(H,6,7). The third-order valence-corrected chi connectivity index (χ3v) is 4.49. The van der Waals surface area contributed by atoms with Crippen LogP contribution in [0, 0.1) is 0 Å². The predicted molar refractivity (Wildman–Crippen MR) is 85.9 cm³/mol. The van der Waals surface area contributed by atoms with Gasteiger partial charge in [0.15, 0.2) is 0 Å². The van der Waals surface area contributed by atoms with Crippen molar-refractivity contribution in [3.63, 3.8) is 0 Å². The summed E-state index contributed by atoms with van der Waals surface area (Å²) < 4.78 is 71.8. The fraction of sp³-hybridized carbons (Fsp3) is 0.600. The Morgan fingerprint density at radius 1 is 1.13 bits per heavy atom. The molecule has 2 N–H and O–H groups in total. The number of nitrogens with zero attached hydrogens (tertiary/aromatic N) is 5. The zero-order chi connectivity index (χ0) is 23.6. The van der Waals surface area contributed by atoms with Gasteiger partial charge in [-0.1, -0.05) is 0 Å². The van der Waals surface area contributed by atoms with Crippen LogP contribution in [0.4, 0.5) is 26.3 Å². The van der Waals surface area contributed by atoms with Gasteiger partial charge >= 0.3 is 24.3 Å². The number of carbonyl (C=O) groups excluding carboxylic acids is 1. The van der Waals surface area contributed by atoms with Crippen LogP contribution in [-0.4, -0.2) is 73.1 Å². The van der Waals surface area contributed by atoms with Gasteiger partial charge in [0.1, 0.15) is 12.2 Å². The number of aliphatic carboxylic acids is 1. The molecule has 0 aromatic carbocycles. The molecule has 1 aromatic heterocycles. The number of carboxylic acids is 2. The van der Waals surface area contributed by atoms with Crippen LogP contribution < -0.4 is 0 Å². The Morgan fingerprint density at radius 3 is 2.16 bits per heavy atom. The summed E-state index contributed by atoms with van der Waals surface area (Å²) in [6.45, 7) is 0.0416. The first kappa shape index (κ1) is 24.1. The van der Waals surface area contributed by atoms with Crippen molar-refractivity contribution in [1.29, 1.82) is 0 Å². The number of amides is 1. The molecule has 0 aliphatic carbocycles. The van der Waals surface area contributed by atoms with Crippen LogP contribution in [0.5, 0.6) is 0 Å². The van der Waals surface area contributed by atoms with Crippen LogP contribution in [-0.2, 0) is 16.1 Å². The van der Waals surface area contributed by atoms with E-state index in [-0.39, 0.29) is 12.2 Å². The lowest BCUT2D eigenvalue weighted by Crippen LogP contribution is -2.44. The molecule has 3 rings (SSSR count). The fourth-order valence-electron chi connectivity index (χ4n) is 2.94. The molecule has 31 heavy (non-hydrogen) atoms. The van der Waals surface area contributed by atoms with Crippen LogP contribution in [0.3, 0.4) is 0 Å². The highest BCUT2D eigenvalue weighted by Gasteiger charge is 2.65. The lowest BCUT2D eigenvalue weighted by Gasteiger charge is -2.27. The maximum atomic E-state index is 13.0. The predicted octanol–water partition coefficient (Wildman–Crippen LogP) is 2.32. The first-order chi connectivity index (χ1) is 14.2. The van der Waals surface area contributed by atoms with Gasteiger partial charge in [0, 0.05) is 19.0 Å². The molecule has 10 nitrogen and oxygen atoms in total. The minimum Gasteiger partial charge on any atom is -0.477 e. The summed E-state index contributed by atoms with van der Waals surface area (Å²) in [6.07, 6.45) is -6.71. The van der Waals surface area contributed by atoms with E-state index < -0.39 is 48.3 Å². The number of halogens is 6. The Labute approximate surface area is 169 Å². The molecule has 0 spiro atoms. The highest BCUT2D eigenvalue weighted by molar-refractivity contribution is 5.86. The molecule has 2 aliphatic heterocycles. The molecule has 1 saturated heterocycles. The van der Waals surface area contributed by atoms with E-state index in [9.17, 15) is 35.9 Å². The largest absolute Gasteiger partial charge is 0.490 e. The molecule has 1 atom stereocenters. The molecular formula is C15H15F6N5O5. The molecule has 3 heterocycles. The Hall–Kier alpha value is -3.20. The summed E-state index contributed by atoms with van der Waals surface area (Å²) in [6, 6.07) is -0.620. The molecule has 16 heteroatoms. The molecule has 1 unspecified atom stereocenters. The minimum atomic E-state index is -5.08. The summed E-state index contributed by atoms with van der Waals surface area (Å²) in [4.78, 5) is 37.3. The van der Waals surface area contributed by atoms with Gasteiger partial charge in [-0.2, -0.15) is 26.3 Å². The van der Waals surface area contributed by atoms with Gasteiger partial charge in [-0.25, -0.2) is 14.6 Å². The average molecular weight is 459 g/mol. The maximum absolute atomic E-state index is 13.0. The van der Waals surface area contributed by atoms with Crippen molar-refractivity contribution in [2.45, 2.75) is 49.9 Å². The van der Waals surface area contributed by atoms with Gasteiger partial charge in [-0.05, 0) is 12.8 Å². The molecular weight excluding hydrogens is 444 g/mol. The van der Waals surface area contributed by atoms with E-state index in [1.807, 2.05) is 0 Å². The van der Waals surface area contributed by atoms with Gasteiger partial charge < -0.3 is 19.7 Å². The number of carboxylic acid groups (broad SMARTS) is 2. The van der Waals surface area contributed by atoms with Crippen molar-refractivity contribution in [3.8, 4) is 0 Å². The zero-order valence-electron chi connectivity index (χ0n) is 15.4. The van der Waals surface area contributed by atoms with Crippen LogP contribution in [0.2, 0.25) is 0 Å². The summed E-state index contributed by atoms with van der Waals surface area (Å²) in [5, 5.41) is 22.4. The highest BCUT2D eigenvalue weighted by atomic mass is 19.4. The molecule has 0 saturated carbocycles. The summed E-state index contributed by atoms with van der Waals surface area (Å²) in [5.74, 6) is -4.44. The lowest BCUT2D eigenvalue weighted by molar-refractivity contribution is -0.192. The van der Waals surface area contributed by atoms with Gasteiger partial charge in [0.25, 0.3) is 5.66 Å². The van der Waals surface area contributed by atoms with Crippen molar-refractivity contribution in [2.75, 3.05) is 6.54 Å².